The van der Waals surface area contributed by atoms with E-state index in [1.165, 1.54) is 11.3 Å². The highest BCUT2D eigenvalue weighted by Crippen LogP contribution is 2.32. The molecule has 0 saturated carbocycles. The first-order valence-electron chi connectivity index (χ1n) is 6.21. The molecule has 0 aliphatic carbocycles. The maximum Gasteiger partial charge on any atom is 0.335 e. The highest BCUT2D eigenvalue weighted by Gasteiger charge is 2.25. The SMILES string of the molecule is O=C1NC(=O)C(=Cc2ccc(-c3ccc(C(=O)O)cc3)s2)S1. The van der Waals surface area contributed by atoms with Gasteiger partial charge in [-0.05, 0) is 47.7 Å². The second-order valence-corrected chi connectivity index (χ2v) is 6.57. The van der Waals surface area contributed by atoms with Crippen molar-refractivity contribution >= 4 is 46.3 Å². The van der Waals surface area contributed by atoms with E-state index >= 15 is 0 Å². The van der Waals surface area contributed by atoms with Crippen molar-refractivity contribution in [1.29, 1.82) is 0 Å². The van der Waals surface area contributed by atoms with Gasteiger partial charge in [0.05, 0.1) is 10.5 Å². The van der Waals surface area contributed by atoms with Gasteiger partial charge in [0.15, 0.2) is 0 Å². The lowest BCUT2D eigenvalue weighted by atomic mass is 10.1. The van der Waals surface area contributed by atoms with Crippen LogP contribution in [0.4, 0.5) is 4.79 Å². The minimum absolute atomic E-state index is 0.236. The molecule has 110 valence electrons. The van der Waals surface area contributed by atoms with Crippen molar-refractivity contribution < 1.29 is 19.5 Å². The third-order valence-corrected chi connectivity index (χ3v) is 4.85. The molecular weight excluding hydrogens is 322 g/mol. The predicted octanol–water partition coefficient (Wildman–Crippen LogP) is 3.44. The van der Waals surface area contributed by atoms with Gasteiger partial charge in [0.2, 0.25) is 0 Å². The zero-order valence-electron chi connectivity index (χ0n) is 11.0. The second-order valence-electron chi connectivity index (χ2n) is 4.44. The molecule has 0 bridgehead atoms. The van der Waals surface area contributed by atoms with E-state index in [0.717, 1.165) is 27.1 Å². The number of carbonyl (C=O) groups excluding carboxylic acids is 2. The Kier molecular flexibility index (Phi) is 3.82. The van der Waals surface area contributed by atoms with Gasteiger partial charge in [-0.25, -0.2) is 4.79 Å². The first-order chi connectivity index (χ1) is 10.5. The summed E-state index contributed by atoms with van der Waals surface area (Å²) in [6.07, 6.45) is 1.67. The van der Waals surface area contributed by atoms with Gasteiger partial charge in [-0.2, -0.15) is 0 Å². The van der Waals surface area contributed by atoms with Gasteiger partial charge in [-0.1, -0.05) is 12.1 Å². The van der Waals surface area contributed by atoms with Crippen LogP contribution in [-0.4, -0.2) is 22.2 Å². The van der Waals surface area contributed by atoms with Crippen molar-refractivity contribution in [1.82, 2.24) is 5.32 Å². The van der Waals surface area contributed by atoms with Crippen molar-refractivity contribution in [3.05, 3.63) is 51.7 Å². The molecule has 0 atom stereocenters. The average Bonchev–Trinajstić information content (AvgIpc) is 3.06. The molecule has 1 aromatic carbocycles. The largest absolute Gasteiger partial charge is 0.478 e. The maximum absolute atomic E-state index is 11.5. The van der Waals surface area contributed by atoms with Crippen molar-refractivity contribution in [2.24, 2.45) is 0 Å². The molecular formula is C15H9NO4S2. The average molecular weight is 331 g/mol. The molecule has 0 unspecified atom stereocenters. The number of benzene rings is 1. The number of aromatic carboxylic acids is 1. The topological polar surface area (TPSA) is 83.5 Å². The summed E-state index contributed by atoms with van der Waals surface area (Å²) in [5.74, 6) is -1.34. The zero-order chi connectivity index (χ0) is 15.7. The van der Waals surface area contributed by atoms with Crippen LogP contribution < -0.4 is 5.32 Å². The van der Waals surface area contributed by atoms with Crippen molar-refractivity contribution in [2.75, 3.05) is 0 Å². The normalized spacial score (nSPS) is 16.1. The Bertz CT molecular complexity index is 805. The minimum Gasteiger partial charge on any atom is -0.478 e. The Morgan fingerprint density at radius 1 is 1.09 bits per heavy atom. The number of hydrogen-bond donors (Lipinski definition) is 2. The maximum atomic E-state index is 11.5. The van der Waals surface area contributed by atoms with Crippen LogP contribution in [0.3, 0.4) is 0 Å². The number of thioether (sulfide) groups is 1. The first kappa shape index (κ1) is 14.6. The number of imide groups is 1. The minimum atomic E-state index is -0.961. The molecule has 7 heteroatoms. The third kappa shape index (κ3) is 2.95. The number of carboxylic acids is 1. The zero-order valence-corrected chi connectivity index (χ0v) is 12.7. The van der Waals surface area contributed by atoms with E-state index in [1.807, 2.05) is 12.1 Å². The number of amides is 2. The number of carboxylic acid groups (broad SMARTS) is 1. The monoisotopic (exact) mass is 331 g/mol. The summed E-state index contributed by atoms with van der Waals surface area (Å²) in [4.78, 5) is 35.6. The van der Waals surface area contributed by atoms with Gasteiger partial charge in [-0.3, -0.25) is 14.9 Å². The lowest BCUT2D eigenvalue weighted by molar-refractivity contribution is -0.115. The Hall–Kier alpha value is -2.38. The molecule has 22 heavy (non-hydrogen) atoms. The molecule has 2 aromatic rings. The molecule has 1 aromatic heterocycles. The summed E-state index contributed by atoms with van der Waals surface area (Å²) >= 11 is 2.34. The van der Waals surface area contributed by atoms with Gasteiger partial charge < -0.3 is 5.11 Å². The molecule has 2 N–H and O–H groups in total. The smallest absolute Gasteiger partial charge is 0.335 e. The summed E-state index contributed by atoms with van der Waals surface area (Å²) in [7, 11) is 0. The molecule has 2 amide bonds. The molecule has 3 rings (SSSR count). The van der Waals surface area contributed by atoms with Gasteiger partial charge in [0, 0.05) is 9.75 Å². The Labute approximate surface area is 133 Å². The van der Waals surface area contributed by atoms with Crippen LogP contribution in [0, 0.1) is 0 Å². The van der Waals surface area contributed by atoms with Crippen LogP contribution >= 0.6 is 23.1 Å². The van der Waals surface area contributed by atoms with Gasteiger partial charge >= 0.3 is 5.97 Å². The number of rotatable bonds is 3. The second kappa shape index (κ2) is 5.78. The van der Waals surface area contributed by atoms with Crippen LogP contribution in [0.15, 0.2) is 41.3 Å². The molecule has 1 saturated heterocycles. The lowest BCUT2D eigenvalue weighted by Gasteiger charge is -1.98. The molecule has 1 fully saturated rings. The van der Waals surface area contributed by atoms with Crippen LogP contribution in [0.1, 0.15) is 15.2 Å². The fourth-order valence-electron chi connectivity index (χ4n) is 1.91. The quantitative estimate of drug-likeness (QED) is 0.842. The number of nitrogens with one attached hydrogen (secondary N) is 1. The molecule has 0 radical (unpaired) electrons. The van der Waals surface area contributed by atoms with E-state index in [-0.39, 0.29) is 16.7 Å². The summed E-state index contributed by atoms with van der Waals surface area (Å²) in [5, 5.41) is 10.7. The standard InChI is InChI=1S/C15H9NO4S2/c17-13-12(22-15(20)16-13)7-10-5-6-11(21-10)8-1-3-9(4-2-8)14(18)19/h1-7H,(H,18,19)(H,16,17,20). The Morgan fingerprint density at radius 3 is 2.41 bits per heavy atom. The molecule has 0 spiro atoms. The Morgan fingerprint density at radius 2 is 1.82 bits per heavy atom. The first-order valence-corrected chi connectivity index (χ1v) is 7.84. The number of carbonyl (C=O) groups is 3. The van der Waals surface area contributed by atoms with E-state index in [2.05, 4.69) is 5.32 Å². The van der Waals surface area contributed by atoms with Crippen LogP contribution in [0.5, 0.6) is 0 Å². The fraction of sp³-hybridized carbons (Fsp3) is 0. The summed E-state index contributed by atoms with van der Waals surface area (Å²) in [6, 6.07) is 10.3. The highest BCUT2D eigenvalue weighted by molar-refractivity contribution is 8.18. The molecule has 2 heterocycles. The Balaban J connectivity index is 1.85. The van der Waals surface area contributed by atoms with Crippen LogP contribution in [-0.2, 0) is 4.79 Å². The van der Waals surface area contributed by atoms with Gasteiger partial charge in [0.25, 0.3) is 11.1 Å². The van der Waals surface area contributed by atoms with Crippen molar-refractivity contribution in [3.63, 3.8) is 0 Å². The van der Waals surface area contributed by atoms with E-state index in [9.17, 15) is 14.4 Å². The lowest BCUT2D eigenvalue weighted by Crippen LogP contribution is -2.17. The molecule has 1 aliphatic rings. The fourth-order valence-corrected chi connectivity index (χ4v) is 3.62. The number of hydrogen-bond acceptors (Lipinski definition) is 5. The summed E-state index contributed by atoms with van der Waals surface area (Å²) in [5.41, 5.74) is 1.14. The van der Waals surface area contributed by atoms with Crippen molar-refractivity contribution in [3.8, 4) is 10.4 Å². The van der Waals surface area contributed by atoms with E-state index in [4.69, 9.17) is 5.11 Å². The third-order valence-electron chi connectivity index (χ3n) is 2.96. The van der Waals surface area contributed by atoms with E-state index < -0.39 is 5.97 Å². The highest BCUT2D eigenvalue weighted by atomic mass is 32.2. The molecule has 5 nitrogen and oxygen atoms in total. The summed E-state index contributed by atoms with van der Waals surface area (Å²) < 4.78 is 0. The van der Waals surface area contributed by atoms with E-state index in [1.54, 1.807) is 30.3 Å². The van der Waals surface area contributed by atoms with Crippen molar-refractivity contribution in [2.45, 2.75) is 0 Å². The van der Waals surface area contributed by atoms with Gasteiger partial charge in [-0.15, -0.1) is 11.3 Å². The molecule has 1 aliphatic heterocycles. The van der Waals surface area contributed by atoms with Gasteiger partial charge in [0.1, 0.15) is 0 Å². The predicted molar refractivity (Wildman–Crippen MR) is 85.8 cm³/mol. The van der Waals surface area contributed by atoms with Crippen LogP contribution in [0.25, 0.3) is 16.5 Å². The van der Waals surface area contributed by atoms with Crippen LogP contribution in [0.2, 0.25) is 0 Å². The van der Waals surface area contributed by atoms with E-state index in [0.29, 0.717) is 4.91 Å². The number of thiophene rings is 1. The summed E-state index contributed by atoms with van der Waals surface area (Å²) in [6.45, 7) is 0.